The van der Waals surface area contributed by atoms with Gasteiger partial charge in [0.1, 0.15) is 12.6 Å². The summed E-state index contributed by atoms with van der Waals surface area (Å²) in [6.45, 7) is 7.03. The number of para-hydroxylation sites is 1. The van der Waals surface area contributed by atoms with Gasteiger partial charge in [-0.05, 0) is 68.7 Å². The van der Waals surface area contributed by atoms with Crippen molar-refractivity contribution in [2.24, 2.45) is 0 Å². The highest BCUT2D eigenvalue weighted by atomic mass is 35.5. The lowest BCUT2D eigenvalue weighted by molar-refractivity contribution is -0.139. The Morgan fingerprint density at radius 3 is 2.23 bits per heavy atom. The highest BCUT2D eigenvalue weighted by Crippen LogP contribution is 2.29. The molecule has 2 amide bonds. The Balaban J connectivity index is 2.09. The lowest BCUT2D eigenvalue weighted by Gasteiger charge is -2.32. The summed E-state index contributed by atoms with van der Waals surface area (Å²) in [6, 6.07) is 17.6. The minimum absolute atomic E-state index is 0.0129. The van der Waals surface area contributed by atoms with E-state index < -0.39 is 28.5 Å². The molecule has 7 nitrogen and oxygen atoms in total. The van der Waals surface area contributed by atoms with Gasteiger partial charge in [-0.25, -0.2) is 8.42 Å². The first kappa shape index (κ1) is 30.5. The van der Waals surface area contributed by atoms with Gasteiger partial charge in [0.05, 0.1) is 10.6 Å². The number of sulfonamides is 1. The Bertz CT molecular complexity index is 1430. The number of rotatable bonds is 11. The Kier molecular flexibility index (Phi) is 10.4. The number of halogens is 2. The fourth-order valence-electron chi connectivity index (χ4n) is 4.14. The summed E-state index contributed by atoms with van der Waals surface area (Å²) in [5, 5.41) is 3.51. The molecule has 0 bridgehead atoms. The molecular weight excluding hydrogens is 557 g/mol. The van der Waals surface area contributed by atoms with Crippen LogP contribution >= 0.6 is 23.2 Å². The topological polar surface area (TPSA) is 86.8 Å². The Labute approximate surface area is 240 Å². The fourth-order valence-corrected chi connectivity index (χ4v) is 6.06. The van der Waals surface area contributed by atoms with E-state index in [1.807, 2.05) is 26.0 Å². The van der Waals surface area contributed by atoms with Crippen molar-refractivity contribution in [1.82, 2.24) is 10.2 Å². The van der Waals surface area contributed by atoms with E-state index in [9.17, 15) is 18.0 Å². The predicted molar refractivity (Wildman–Crippen MR) is 157 cm³/mol. The summed E-state index contributed by atoms with van der Waals surface area (Å²) in [7, 11) is -4.13. The maximum Gasteiger partial charge on any atom is 0.264 e. The Hall–Kier alpha value is -3.07. The third kappa shape index (κ3) is 7.32. The van der Waals surface area contributed by atoms with Gasteiger partial charge in [-0.1, -0.05) is 72.1 Å². The van der Waals surface area contributed by atoms with Gasteiger partial charge >= 0.3 is 0 Å². The maximum absolute atomic E-state index is 14.0. The molecule has 0 aromatic heterocycles. The van der Waals surface area contributed by atoms with Crippen LogP contribution in [-0.2, 0) is 32.6 Å². The number of carbonyl (C=O) groups excluding carboxylic acids is 2. The molecule has 1 N–H and O–H groups in total. The van der Waals surface area contributed by atoms with Gasteiger partial charge in [-0.15, -0.1) is 0 Å². The molecule has 0 heterocycles. The molecule has 1 atom stereocenters. The van der Waals surface area contributed by atoms with Gasteiger partial charge in [0.15, 0.2) is 0 Å². The molecule has 3 rings (SSSR count). The fraction of sp³-hybridized carbons (Fsp3) is 0.310. The first-order chi connectivity index (χ1) is 18.5. The Morgan fingerprint density at radius 2 is 1.62 bits per heavy atom. The first-order valence-corrected chi connectivity index (χ1v) is 14.9. The zero-order valence-electron chi connectivity index (χ0n) is 22.4. The highest BCUT2D eigenvalue weighted by molar-refractivity contribution is 7.92. The molecule has 0 saturated carbocycles. The van der Waals surface area contributed by atoms with Crippen molar-refractivity contribution in [1.29, 1.82) is 0 Å². The molecule has 0 aliphatic carbocycles. The average molecular weight is 591 g/mol. The SMILES string of the molecule is CCNC(=O)C(C)N(Cc1ccc(Cl)cc1Cl)C(=O)CN(c1ccccc1CC)S(=O)(=O)c1ccc(C)cc1. The summed E-state index contributed by atoms with van der Waals surface area (Å²) in [6.07, 6.45) is 0.559. The molecule has 3 aromatic rings. The first-order valence-electron chi connectivity index (χ1n) is 12.7. The molecular formula is C29H33Cl2N3O4S. The van der Waals surface area contributed by atoms with Crippen molar-refractivity contribution in [3.05, 3.63) is 93.5 Å². The van der Waals surface area contributed by atoms with E-state index in [-0.39, 0.29) is 17.3 Å². The predicted octanol–water partition coefficient (Wildman–Crippen LogP) is 5.61. The zero-order chi connectivity index (χ0) is 28.7. The highest BCUT2D eigenvalue weighted by Gasteiger charge is 2.33. The zero-order valence-corrected chi connectivity index (χ0v) is 24.8. The van der Waals surface area contributed by atoms with E-state index >= 15 is 0 Å². The van der Waals surface area contributed by atoms with Gasteiger partial charge in [0, 0.05) is 23.1 Å². The molecule has 0 aliphatic heterocycles. The number of hydrogen-bond acceptors (Lipinski definition) is 4. The van der Waals surface area contributed by atoms with Crippen LogP contribution in [0.1, 0.15) is 37.5 Å². The van der Waals surface area contributed by atoms with E-state index in [0.717, 1.165) is 15.4 Å². The molecule has 208 valence electrons. The van der Waals surface area contributed by atoms with Gasteiger partial charge in [0.25, 0.3) is 10.0 Å². The number of likely N-dealkylation sites (N-methyl/N-ethyl adjacent to an activating group) is 1. The number of hydrogen-bond donors (Lipinski definition) is 1. The lowest BCUT2D eigenvalue weighted by Crippen LogP contribution is -2.51. The van der Waals surface area contributed by atoms with E-state index in [1.54, 1.807) is 56.3 Å². The molecule has 0 aliphatic rings. The number of nitrogens with zero attached hydrogens (tertiary/aromatic N) is 2. The summed E-state index contributed by atoms with van der Waals surface area (Å²) in [5.74, 6) is -0.917. The summed E-state index contributed by atoms with van der Waals surface area (Å²) in [5.41, 5.74) is 2.66. The molecule has 0 fully saturated rings. The third-order valence-corrected chi connectivity index (χ3v) is 8.76. The molecule has 3 aromatic carbocycles. The smallest absolute Gasteiger partial charge is 0.264 e. The van der Waals surface area contributed by atoms with Crippen molar-refractivity contribution in [3.63, 3.8) is 0 Å². The van der Waals surface area contributed by atoms with E-state index in [1.165, 1.54) is 17.0 Å². The number of benzene rings is 3. The second-order valence-corrected chi connectivity index (χ2v) is 11.8. The van der Waals surface area contributed by atoms with Crippen molar-refractivity contribution in [2.45, 2.75) is 51.6 Å². The second-order valence-electron chi connectivity index (χ2n) is 9.13. The van der Waals surface area contributed by atoms with Gasteiger partial charge in [-0.2, -0.15) is 0 Å². The van der Waals surface area contributed by atoms with Gasteiger partial charge in [0.2, 0.25) is 11.8 Å². The number of amides is 2. The van der Waals surface area contributed by atoms with Crippen LogP contribution in [0.2, 0.25) is 10.0 Å². The van der Waals surface area contributed by atoms with Crippen LogP contribution < -0.4 is 9.62 Å². The number of carbonyl (C=O) groups is 2. The summed E-state index contributed by atoms with van der Waals surface area (Å²) in [4.78, 5) is 28.2. The standard InChI is InChI=1S/C29H33Cl2N3O4S/c1-5-22-9-7-8-10-27(22)34(39(37,38)25-15-11-20(3)12-16-25)19-28(35)33(21(4)29(36)32-6-2)18-23-13-14-24(30)17-26(23)31/h7-17,21H,5-6,18-19H2,1-4H3,(H,32,36). The molecule has 0 spiro atoms. The van der Waals surface area contributed by atoms with Crippen LogP contribution in [0.25, 0.3) is 0 Å². The number of nitrogens with one attached hydrogen (secondary N) is 1. The van der Waals surface area contributed by atoms with Crippen molar-refractivity contribution >= 4 is 50.7 Å². The number of aryl methyl sites for hydroxylation is 2. The van der Waals surface area contributed by atoms with Crippen LogP contribution in [0.3, 0.4) is 0 Å². The van der Waals surface area contributed by atoms with E-state index in [0.29, 0.717) is 34.3 Å². The lowest BCUT2D eigenvalue weighted by atomic mass is 10.1. The largest absolute Gasteiger partial charge is 0.355 e. The molecule has 10 heteroatoms. The van der Waals surface area contributed by atoms with Crippen molar-refractivity contribution in [3.8, 4) is 0 Å². The van der Waals surface area contributed by atoms with Crippen LogP contribution in [0, 0.1) is 6.92 Å². The quantitative estimate of drug-likeness (QED) is 0.315. The average Bonchev–Trinajstić information content (AvgIpc) is 2.91. The van der Waals surface area contributed by atoms with Crippen LogP contribution in [0.4, 0.5) is 5.69 Å². The third-order valence-electron chi connectivity index (χ3n) is 6.40. The normalized spacial score (nSPS) is 12.1. The molecule has 39 heavy (non-hydrogen) atoms. The van der Waals surface area contributed by atoms with Crippen molar-refractivity contribution in [2.75, 3.05) is 17.4 Å². The summed E-state index contributed by atoms with van der Waals surface area (Å²) >= 11 is 12.5. The Morgan fingerprint density at radius 1 is 0.949 bits per heavy atom. The monoisotopic (exact) mass is 589 g/mol. The molecule has 0 saturated heterocycles. The van der Waals surface area contributed by atoms with Crippen LogP contribution in [0.15, 0.2) is 71.6 Å². The van der Waals surface area contributed by atoms with E-state index in [4.69, 9.17) is 23.2 Å². The second kappa shape index (κ2) is 13.3. The van der Waals surface area contributed by atoms with Gasteiger partial charge < -0.3 is 10.2 Å². The minimum Gasteiger partial charge on any atom is -0.355 e. The molecule has 1 unspecified atom stereocenters. The van der Waals surface area contributed by atoms with Gasteiger partial charge in [-0.3, -0.25) is 13.9 Å². The minimum atomic E-state index is -4.13. The molecule has 0 radical (unpaired) electrons. The summed E-state index contributed by atoms with van der Waals surface area (Å²) < 4.78 is 29.1. The number of anilines is 1. The van der Waals surface area contributed by atoms with Crippen LogP contribution in [-0.4, -0.2) is 44.3 Å². The maximum atomic E-state index is 14.0. The van der Waals surface area contributed by atoms with Crippen LogP contribution in [0.5, 0.6) is 0 Å². The van der Waals surface area contributed by atoms with E-state index in [2.05, 4.69) is 5.32 Å². The van der Waals surface area contributed by atoms with Crippen molar-refractivity contribution < 1.29 is 18.0 Å².